The zero-order chi connectivity index (χ0) is 15.2. The van der Waals surface area contributed by atoms with Gasteiger partial charge in [-0.2, -0.15) is 0 Å². The fraction of sp³-hybridized carbons (Fsp3) is 0.429. The minimum absolute atomic E-state index is 0.310. The first-order valence-electron chi connectivity index (χ1n) is 6.34. The fourth-order valence-electron chi connectivity index (χ4n) is 1.34. The zero-order valence-electron chi connectivity index (χ0n) is 12.1. The number of hydrogen-bond donors (Lipinski definition) is 2. The summed E-state index contributed by atoms with van der Waals surface area (Å²) in [5.74, 6) is 0. The van der Waals surface area contributed by atoms with Crippen LogP contribution in [0.3, 0.4) is 0 Å². The second-order valence-electron chi connectivity index (χ2n) is 5.05. The topological polar surface area (TPSA) is 76.7 Å². The number of carbonyl (C=O) groups is 2. The molecule has 2 N–H and O–H groups in total. The summed E-state index contributed by atoms with van der Waals surface area (Å²) in [6.45, 7) is 7.41. The van der Waals surface area contributed by atoms with E-state index in [4.69, 9.17) is 9.47 Å². The maximum Gasteiger partial charge on any atom is 0.412 e. The fourth-order valence-corrected chi connectivity index (χ4v) is 1.34. The molecular formula is C14H20N2O4. The van der Waals surface area contributed by atoms with Crippen LogP contribution in [0.1, 0.15) is 27.7 Å². The smallest absolute Gasteiger partial charge is 0.412 e. The molecule has 110 valence electrons. The Bertz CT molecular complexity index is 463. The standard InChI is InChI=1S/C14H20N2O4/c1-5-19-12(17)15-10-6-8-11(9-7-10)16-13(18)20-14(2,3)4/h6-9H,5H2,1-4H3,(H,15,17)(H,16,18). The van der Waals surface area contributed by atoms with Crippen molar-refractivity contribution in [3.8, 4) is 0 Å². The van der Waals surface area contributed by atoms with E-state index < -0.39 is 17.8 Å². The van der Waals surface area contributed by atoms with Gasteiger partial charge in [0.2, 0.25) is 0 Å². The minimum Gasteiger partial charge on any atom is -0.450 e. The third kappa shape index (κ3) is 6.08. The molecule has 1 aromatic carbocycles. The Hall–Kier alpha value is -2.24. The number of carbonyl (C=O) groups excluding carboxylic acids is 2. The quantitative estimate of drug-likeness (QED) is 0.886. The monoisotopic (exact) mass is 280 g/mol. The number of benzene rings is 1. The van der Waals surface area contributed by atoms with Gasteiger partial charge in [0.05, 0.1) is 6.61 Å². The predicted octanol–water partition coefficient (Wildman–Crippen LogP) is 3.60. The highest BCUT2D eigenvalue weighted by Crippen LogP contribution is 2.15. The van der Waals surface area contributed by atoms with Gasteiger partial charge in [-0.3, -0.25) is 10.6 Å². The molecule has 6 nitrogen and oxygen atoms in total. The molecule has 0 spiro atoms. The van der Waals surface area contributed by atoms with Crippen molar-refractivity contribution in [2.24, 2.45) is 0 Å². The molecule has 6 heteroatoms. The van der Waals surface area contributed by atoms with Gasteiger partial charge in [-0.25, -0.2) is 9.59 Å². The van der Waals surface area contributed by atoms with Gasteiger partial charge in [0.1, 0.15) is 5.60 Å². The lowest BCUT2D eigenvalue weighted by molar-refractivity contribution is 0.0636. The summed E-state index contributed by atoms with van der Waals surface area (Å²) >= 11 is 0. The summed E-state index contributed by atoms with van der Waals surface area (Å²) in [6, 6.07) is 6.63. The Morgan fingerprint density at radius 3 is 1.85 bits per heavy atom. The van der Waals surface area contributed by atoms with Crippen LogP contribution in [-0.2, 0) is 9.47 Å². The second-order valence-corrected chi connectivity index (χ2v) is 5.05. The molecule has 2 amide bonds. The number of hydrogen-bond acceptors (Lipinski definition) is 4. The maximum absolute atomic E-state index is 11.6. The lowest BCUT2D eigenvalue weighted by Crippen LogP contribution is -2.27. The van der Waals surface area contributed by atoms with Gasteiger partial charge < -0.3 is 9.47 Å². The molecule has 20 heavy (non-hydrogen) atoms. The molecule has 1 aromatic rings. The van der Waals surface area contributed by atoms with E-state index in [0.29, 0.717) is 18.0 Å². The van der Waals surface area contributed by atoms with Crippen molar-refractivity contribution < 1.29 is 19.1 Å². The normalized spacial score (nSPS) is 10.6. The van der Waals surface area contributed by atoms with E-state index in [0.717, 1.165) is 0 Å². The first-order valence-corrected chi connectivity index (χ1v) is 6.34. The van der Waals surface area contributed by atoms with Crippen molar-refractivity contribution in [3.63, 3.8) is 0 Å². The van der Waals surface area contributed by atoms with Crippen LogP contribution in [0.25, 0.3) is 0 Å². The van der Waals surface area contributed by atoms with E-state index in [-0.39, 0.29) is 0 Å². The third-order valence-electron chi connectivity index (χ3n) is 2.05. The van der Waals surface area contributed by atoms with E-state index in [1.165, 1.54) is 0 Å². The van der Waals surface area contributed by atoms with Crippen LogP contribution in [0, 0.1) is 0 Å². The van der Waals surface area contributed by atoms with Gasteiger partial charge in [-0.1, -0.05) is 0 Å². The average molecular weight is 280 g/mol. The summed E-state index contributed by atoms with van der Waals surface area (Å²) in [7, 11) is 0. The first kappa shape index (κ1) is 15.8. The molecule has 0 saturated heterocycles. The first-order chi connectivity index (χ1) is 9.30. The van der Waals surface area contributed by atoms with Crippen molar-refractivity contribution >= 4 is 23.6 Å². The molecule has 0 saturated carbocycles. The molecule has 0 atom stereocenters. The zero-order valence-corrected chi connectivity index (χ0v) is 12.1. The van der Waals surface area contributed by atoms with E-state index >= 15 is 0 Å². The third-order valence-corrected chi connectivity index (χ3v) is 2.05. The van der Waals surface area contributed by atoms with E-state index in [2.05, 4.69) is 10.6 Å². The highest BCUT2D eigenvalue weighted by molar-refractivity contribution is 5.87. The van der Waals surface area contributed by atoms with E-state index in [1.54, 1.807) is 52.0 Å². The molecular weight excluding hydrogens is 260 g/mol. The SMILES string of the molecule is CCOC(=O)Nc1ccc(NC(=O)OC(C)(C)C)cc1. The summed E-state index contributed by atoms with van der Waals surface area (Å²) in [5, 5.41) is 5.16. The van der Waals surface area contributed by atoms with Crippen LogP contribution >= 0.6 is 0 Å². The van der Waals surface area contributed by atoms with Crippen molar-refractivity contribution in [1.82, 2.24) is 0 Å². The Morgan fingerprint density at radius 1 is 1.00 bits per heavy atom. The average Bonchev–Trinajstić information content (AvgIpc) is 2.29. The van der Waals surface area contributed by atoms with Crippen LogP contribution in [0.4, 0.5) is 21.0 Å². The number of anilines is 2. The molecule has 1 rings (SSSR count). The van der Waals surface area contributed by atoms with Crippen molar-refractivity contribution in [2.75, 3.05) is 17.2 Å². The molecule has 0 aliphatic heterocycles. The maximum atomic E-state index is 11.6. The molecule has 0 aliphatic rings. The molecule has 0 heterocycles. The molecule has 0 aromatic heterocycles. The molecule has 0 bridgehead atoms. The Balaban J connectivity index is 2.54. The van der Waals surface area contributed by atoms with Gasteiger partial charge in [0, 0.05) is 11.4 Å². The van der Waals surface area contributed by atoms with Gasteiger partial charge in [-0.05, 0) is 52.0 Å². The summed E-state index contributed by atoms with van der Waals surface area (Å²) < 4.78 is 9.88. The number of ether oxygens (including phenoxy) is 2. The summed E-state index contributed by atoms with van der Waals surface area (Å²) in [6.07, 6.45) is -1.04. The highest BCUT2D eigenvalue weighted by Gasteiger charge is 2.16. The molecule has 0 radical (unpaired) electrons. The Morgan fingerprint density at radius 2 is 1.45 bits per heavy atom. The van der Waals surface area contributed by atoms with Crippen molar-refractivity contribution in [2.45, 2.75) is 33.3 Å². The van der Waals surface area contributed by atoms with Gasteiger partial charge in [-0.15, -0.1) is 0 Å². The number of amides is 2. The molecule has 0 aliphatic carbocycles. The van der Waals surface area contributed by atoms with E-state index in [9.17, 15) is 9.59 Å². The second kappa shape index (κ2) is 6.79. The molecule has 0 unspecified atom stereocenters. The molecule has 0 fully saturated rings. The van der Waals surface area contributed by atoms with Gasteiger partial charge in [0.15, 0.2) is 0 Å². The highest BCUT2D eigenvalue weighted by atomic mass is 16.6. The van der Waals surface area contributed by atoms with E-state index in [1.807, 2.05) is 0 Å². The van der Waals surface area contributed by atoms with Gasteiger partial charge in [0.25, 0.3) is 0 Å². The minimum atomic E-state index is -0.546. The summed E-state index contributed by atoms with van der Waals surface area (Å²) in [4.78, 5) is 22.8. The van der Waals surface area contributed by atoms with Crippen LogP contribution < -0.4 is 10.6 Å². The van der Waals surface area contributed by atoms with Crippen LogP contribution in [0.2, 0.25) is 0 Å². The van der Waals surface area contributed by atoms with Crippen molar-refractivity contribution in [1.29, 1.82) is 0 Å². The van der Waals surface area contributed by atoms with Gasteiger partial charge >= 0.3 is 12.2 Å². The largest absolute Gasteiger partial charge is 0.450 e. The van der Waals surface area contributed by atoms with Crippen LogP contribution in [0.15, 0.2) is 24.3 Å². The summed E-state index contributed by atoms with van der Waals surface area (Å²) in [5.41, 5.74) is 0.613. The lowest BCUT2D eigenvalue weighted by Gasteiger charge is -2.19. The van der Waals surface area contributed by atoms with Crippen molar-refractivity contribution in [3.05, 3.63) is 24.3 Å². The van der Waals surface area contributed by atoms with Crippen LogP contribution in [0.5, 0.6) is 0 Å². The lowest BCUT2D eigenvalue weighted by atomic mass is 10.2. The van der Waals surface area contributed by atoms with Crippen LogP contribution in [-0.4, -0.2) is 24.4 Å². The Labute approximate surface area is 118 Å². The number of rotatable bonds is 3. The number of nitrogens with one attached hydrogen (secondary N) is 2. The predicted molar refractivity (Wildman–Crippen MR) is 76.9 cm³/mol. The Kier molecular flexibility index (Phi) is 5.37.